The number of hydrogen-bond donors (Lipinski definition) is 1. The summed E-state index contributed by atoms with van der Waals surface area (Å²) >= 11 is 0. The molecule has 0 aromatic carbocycles. The largest absolute Gasteiger partial charge is 0.479 e. The van der Waals surface area contributed by atoms with Crippen molar-refractivity contribution in [1.29, 1.82) is 0 Å². The molecule has 1 aliphatic carbocycles. The van der Waals surface area contributed by atoms with Gasteiger partial charge in [-0.25, -0.2) is 4.79 Å². The van der Waals surface area contributed by atoms with Gasteiger partial charge >= 0.3 is 5.97 Å². The standard InChI is InChI=1S/C10H15NO4/c1-11(6-2-3-6)9(12)7-4-5-8(15-7)10(13)14/h6-8H,2-5H2,1H3,(H,13,14). The molecule has 0 aromatic rings. The molecule has 2 rings (SSSR count). The number of carboxylic acids is 1. The van der Waals surface area contributed by atoms with Crippen LogP contribution < -0.4 is 0 Å². The van der Waals surface area contributed by atoms with Crippen LogP contribution in [-0.2, 0) is 14.3 Å². The molecule has 1 saturated carbocycles. The average Bonchev–Trinajstić information content (AvgIpc) is 2.93. The lowest BCUT2D eigenvalue weighted by molar-refractivity contribution is -0.154. The fourth-order valence-corrected chi connectivity index (χ4v) is 1.87. The molecule has 2 unspecified atom stereocenters. The van der Waals surface area contributed by atoms with Gasteiger partial charge in [0.25, 0.3) is 5.91 Å². The molecule has 5 nitrogen and oxygen atoms in total. The van der Waals surface area contributed by atoms with Crippen molar-refractivity contribution in [2.45, 2.75) is 43.9 Å². The van der Waals surface area contributed by atoms with Gasteiger partial charge in [-0.2, -0.15) is 0 Å². The van der Waals surface area contributed by atoms with E-state index in [-0.39, 0.29) is 5.91 Å². The first-order chi connectivity index (χ1) is 7.09. The second-order valence-electron chi connectivity index (χ2n) is 4.21. The predicted molar refractivity (Wildman–Crippen MR) is 51.3 cm³/mol. The van der Waals surface area contributed by atoms with E-state index in [1.54, 1.807) is 11.9 Å². The predicted octanol–water partition coefficient (Wildman–Crippen LogP) is 0.239. The SMILES string of the molecule is CN(C(=O)C1CCC(C(=O)O)O1)C1CC1. The summed E-state index contributed by atoms with van der Waals surface area (Å²) in [5.74, 6) is -1.04. The van der Waals surface area contributed by atoms with Crippen molar-refractivity contribution in [2.75, 3.05) is 7.05 Å². The number of carbonyl (C=O) groups excluding carboxylic acids is 1. The first-order valence-electron chi connectivity index (χ1n) is 5.24. The second kappa shape index (κ2) is 3.81. The van der Waals surface area contributed by atoms with Crippen molar-refractivity contribution >= 4 is 11.9 Å². The Hall–Kier alpha value is -1.10. The Bertz CT molecular complexity index is 287. The van der Waals surface area contributed by atoms with Crippen LogP contribution in [-0.4, -0.2) is 47.2 Å². The fourth-order valence-electron chi connectivity index (χ4n) is 1.87. The number of ether oxygens (including phenoxy) is 1. The lowest BCUT2D eigenvalue weighted by Crippen LogP contribution is -2.38. The molecule has 15 heavy (non-hydrogen) atoms. The second-order valence-corrected chi connectivity index (χ2v) is 4.21. The van der Waals surface area contributed by atoms with E-state index in [2.05, 4.69) is 0 Å². The van der Waals surface area contributed by atoms with E-state index in [1.807, 2.05) is 0 Å². The molecule has 1 heterocycles. The van der Waals surface area contributed by atoms with E-state index in [9.17, 15) is 9.59 Å². The number of hydrogen-bond acceptors (Lipinski definition) is 3. The molecule has 1 aliphatic heterocycles. The van der Waals surface area contributed by atoms with E-state index in [1.165, 1.54) is 0 Å². The van der Waals surface area contributed by atoms with Gasteiger partial charge < -0.3 is 14.7 Å². The maximum Gasteiger partial charge on any atom is 0.332 e. The number of nitrogens with zero attached hydrogens (tertiary/aromatic N) is 1. The Morgan fingerprint density at radius 2 is 1.80 bits per heavy atom. The first-order valence-corrected chi connectivity index (χ1v) is 5.24. The van der Waals surface area contributed by atoms with Crippen LogP contribution in [0.1, 0.15) is 25.7 Å². The highest BCUT2D eigenvalue weighted by Gasteiger charge is 2.39. The lowest BCUT2D eigenvalue weighted by atomic mass is 10.2. The van der Waals surface area contributed by atoms with Crippen LogP contribution in [0.25, 0.3) is 0 Å². The number of rotatable bonds is 3. The number of aliphatic carboxylic acids is 1. The van der Waals surface area contributed by atoms with Crippen molar-refractivity contribution in [1.82, 2.24) is 4.90 Å². The number of amides is 1. The van der Waals surface area contributed by atoms with Gasteiger partial charge in [-0.15, -0.1) is 0 Å². The van der Waals surface area contributed by atoms with Gasteiger partial charge in [0.1, 0.15) is 6.10 Å². The summed E-state index contributed by atoms with van der Waals surface area (Å²) in [7, 11) is 1.76. The minimum absolute atomic E-state index is 0.0683. The van der Waals surface area contributed by atoms with Gasteiger partial charge in [0.05, 0.1) is 0 Å². The van der Waals surface area contributed by atoms with Gasteiger partial charge in [0.2, 0.25) is 0 Å². The molecule has 84 valence electrons. The highest BCUT2D eigenvalue weighted by Crippen LogP contribution is 2.28. The maximum absolute atomic E-state index is 11.8. The summed E-state index contributed by atoms with van der Waals surface area (Å²) < 4.78 is 5.19. The molecule has 2 atom stereocenters. The molecule has 0 spiro atoms. The zero-order valence-electron chi connectivity index (χ0n) is 8.68. The number of likely N-dealkylation sites (N-methyl/N-ethyl adjacent to an activating group) is 1. The van der Waals surface area contributed by atoms with E-state index in [0.29, 0.717) is 18.9 Å². The van der Waals surface area contributed by atoms with E-state index in [4.69, 9.17) is 9.84 Å². The maximum atomic E-state index is 11.8. The Morgan fingerprint density at radius 1 is 1.20 bits per heavy atom. The van der Waals surface area contributed by atoms with Crippen molar-refractivity contribution < 1.29 is 19.4 Å². The summed E-state index contributed by atoms with van der Waals surface area (Å²) in [6, 6.07) is 0.352. The Kier molecular flexibility index (Phi) is 2.65. The minimum Gasteiger partial charge on any atom is -0.479 e. The van der Waals surface area contributed by atoms with E-state index in [0.717, 1.165) is 12.8 Å². The fraction of sp³-hybridized carbons (Fsp3) is 0.800. The topological polar surface area (TPSA) is 66.8 Å². The molecule has 1 N–H and O–H groups in total. The zero-order valence-corrected chi connectivity index (χ0v) is 8.68. The molecule has 0 radical (unpaired) electrons. The van der Waals surface area contributed by atoms with Crippen LogP contribution in [0.4, 0.5) is 0 Å². The Morgan fingerprint density at radius 3 is 2.27 bits per heavy atom. The molecule has 2 fully saturated rings. The molecular weight excluding hydrogens is 198 g/mol. The summed E-state index contributed by atoms with van der Waals surface area (Å²) in [5.41, 5.74) is 0. The third kappa shape index (κ3) is 2.12. The van der Waals surface area contributed by atoms with Crippen LogP contribution in [0, 0.1) is 0 Å². The Balaban J connectivity index is 1.89. The third-order valence-electron chi connectivity index (χ3n) is 3.01. The minimum atomic E-state index is -0.973. The smallest absolute Gasteiger partial charge is 0.332 e. The van der Waals surface area contributed by atoms with Gasteiger partial charge in [0.15, 0.2) is 6.10 Å². The van der Waals surface area contributed by atoms with Crippen molar-refractivity contribution in [2.24, 2.45) is 0 Å². The quantitative estimate of drug-likeness (QED) is 0.729. The van der Waals surface area contributed by atoms with Crippen LogP contribution in [0.3, 0.4) is 0 Å². The van der Waals surface area contributed by atoms with Crippen LogP contribution >= 0.6 is 0 Å². The van der Waals surface area contributed by atoms with Crippen molar-refractivity contribution in [3.8, 4) is 0 Å². The zero-order chi connectivity index (χ0) is 11.0. The van der Waals surface area contributed by atoms with Gasteiger partial charge in [-0.3, -0.25) is 4.79 Å². The van der Waals surface area contributed by atoms with Crippen LogP contribution in [0.5, 0.6) is 0 Å². The molecule has 1 saturated heterocycles. The highest BCUT2D eigenvalue weighted by atomic mass is 16.5. The van der Waals surface area contributed by atoms with Crippen molar-refractivity contribution in [3.63, 3.8) is 0 Å². The van der Waals surface area contributed by atoms with E-state index >= 15 is 0 Å². The summed E-state index contributed by atoms with van der Waals surface area (Å²) in [5, 5.41) is 8.72. The molecule has 0 aromatic heterocycles. The summed E-state index contributed by atoms with van der Waals surface area (Å²) in [4.78, 5) is 24.1. The van der Waals surface area contributed by atoms with Crippen LogP contribution in [0.15, 0.2) is 0 Å². The summed E-state index contributed by atoms with van der Waals surface area (Å²) in [6.07, 6.45) is 1.72. The molecule has 5 heteroatoms. The average molecular weight is 213 g/mol. The monoisotopic (exact) mass is 213 g/mol. The highest BCUT2D eigenvalue weighted by molar-refractivity contribution is 5.83. The molecule has 1 amide bonds. The lowest BCUT2D eigenvalue weighted by Gasteiger charge is -2.20. The van der Waals surface area contributed by atoms with Gasteiger partial charge in [-0.1, -0.05) is 0 Å². The Labute approximate surface area is 88.0 Å². The first kappa shape index (κ1) is 10.4. The summed E-state index contributed by atoms with van der Waals surface area (Å²) in [6.45, 7) is 0. The molecular formula is C10H15NO4. The normalized spacial score (nSPS) is 30.2. The van der Waals surface area contributed by atoms with Crippen LogP contribution in [0.2, 0.25) is 0 Å². The van der Waals surface area contributed by atoms with Crippen molar-refractivity contribution in [3.05, 3.63) is 0 Å². The van der Waals surface area contributed by atoms with E-state index < -0.39 is 18.2 Å². The van der Waals surface area contributed by atoms with Gasteiger partial charge in [-0.05, 0) is 25.7 Å². The number of carboxylic acid groups (broad SMARTS) is 1. The van der Waals surface area contributed by atoms with Gasteiger partial charge in [0, 0.05) is 13.1 Å². The molecule has 2 aliphatic rings. The molecule has 0 bridgehead atoms. The third-order valence-corrected chi connectivity index (χ3v) is 3.01. The number of carbonyl (C=O) groups is 2.